The highest BCUT2D eigenvalue weighted by Gasteiger charge is 2.27. The van der Waals surface area contributed by atoms with Crippen molar-refractivity contribution < 1.29 is 42.1 Å². The Morgan fingerprint density at radius 3 is 1.44 bits per heavy atom. The van der Waals surface area contributed by atoms with Gasteiger partial charge in [-0.05, 0) is 77.0 Å². The first-order valence-electron chi connectivity index (χ1n) is 24.3. The number of phosphoric acid groups is 1. The van der Waals surface area contributed by atoms with E-state index in [1.807, 2.05) is 33.3 Å². The standard InChI is InChI=1S/C52H90NO8P/c1-6-8-10-12-14-16-18-20-22-24-26-28-30-32-34-36-38-40-42-44-51(54)58-48-50(49-60-62(56,57)59-47-46-53(3,4)5)61-52(55)45-43-41-39-37-35-33-31-29-27-25-23-21-19-17-15-13-11-9-7-2/h9,11,15,17,20-23,27,29,33,35,39,41,50H,6-8,10,12-14,16,18-19,24-26,28,30-32,34,36-38,40,42-49H2,1-5H3/p+1/b11-9-,17-15-,22-20-,23-21-,29-27-,35-33-,41-39-/t50-/m1/s1. The highest BCUT2D eigenvalue weighted by Crippen LogP contribution is 2.43. The minimum Gasteiger partial charge on any atom is -0.462 e. The highest BCUT2D eigenvalue weighted by molar-refractivity contribution is 7.47. The maximum Gasteiger partial charge on any atom is 0.472 e. The SMILES string of the molecule is CC/C=C\C/C=C\C/C=C\C/C=C\C/C=C\C/C=C\CCC(=O)O[C@H](COC(=O)CCCCCCCCCCC/C=C\CCCCCCCC)COP(=O)(O)OCC[N+](C)(C)C. The molecule has 0 aromatic rings. The zero-order valence-electron chi connectivity index (χ0n) is 40.1. The third kappa shape index (κ3) is 46.7. The van der Waals surface area contributed by atoms with Gasteiger partial charge < -0.3 is 18.9 Å². The Morgan fingerprint density at radius 2 is 0.952 bits per heavy atom. The van der Waals surface area contributed by atoms with Gasteiger partial charge in [0.05, 0.1) is 27.7 Å². The quantitative estimate of drug-likeness (QED) is 0.0212. The molecule has 0 rings (SSSR count). The Kier molecular flexibility index (Phi) is 41.5. The molecule has 1 unspecified atom stereocenters. The van der Waals surface area contributed by atoms with Gasteiger partial charge in [0.15, 0.2) is 6.10 Å². The predicted octanol–water partition coefficient (Wildman–Crippen LogP) is 14.4. The molecule has 0 saturated carbocycles. The third-order valence-electron chi connectivity index (χ3n) is 9.92. The molecule has 0 fully saturated rings. The van der Waals surface area contributed by atoms with Crippen LogP contribution in [-0.2, 0) is 32.7 Å². The number of ether oxygens (including phenoxy) is 2. The molecule has 0 aliphatic rings. The molecule has 0 aromatic heterocycles. The van der Waals surface area contributed by atoms with E-state index in [0.717, 1.165) is 57.8 Å². The predicted molar refractivity (Wildman–Crippen MR) is 261 cm³/mol. The molecule has 10 heteroatoms. The van der Waals surface area contributed by atoms with Crippen molar-refractivity contribution in [2.75, 3.05) is 47.5 Å². The van der Waals surface area contributed by atoms with Crippen molar-refractivity contribution in [1.29, 1.82) is 0 Å². The molecule has 0 heterocycles. The van der Waals surface area contributed by atoms with Crippen molar-refractivity contribution in [1.82, 2.24) is 0 Å². The fourth-order valence-corrected chi connectivity index (χ4v) is 6.89. The smallest absolute Gasteiger partial charge is 0.462 e. The minimum absolute atomic E-state index is 0.0138. The fourth-order valence-electron chi connectivity index (χ4n) is 6.15. The highest BCUT2D eigenvalue weighted by atomic mass is 31.2. The number of carbonyl (C=O) groups is 2. The molecule has 0 amide bonds. The lowest BCUT2D eigenvalue weighted by atomic mass is 10.1. The third-order valence-corrected chi connectivity index (χ3v) is 10.9. The number of likely N-dealkylation sites (N-methyl/N-ethyl adjacent to an activating group) is 1. The van der Waals surface area contributed by atoms with Gasteiger partial charge in [-0.2, -0.15) is 0 Å². The Balaban J connectivity index is 4.42. The first-order chi connectivity index (χ1) is 30.0. The molecule has 1 N–H and O–H groups in total. The van der Waals surface area contributed by atoms with Crippen molar-refractivity contribution in [2.45, 2.75) is 187 Å². The maximum atomic E-state index is 12.7. The first-order valence-corrected chi connectivity index (χ1v) is 25.8. The average Bonchev–Trinajstić information content (AvgIpc) is 3.23. The maximum absolute atomic E-state index is 12.7. The monoisotopic (exact) mass is 889 g/mol. The summed E-state index contributed by atoms with van der Waals surface area (Å²) in [6.07, 6.45) is 56.5. The number of rotatable bonds is 43. The zero-order chi connectivity index (χ0) is 45.7. The van der Waals surface area contributed by atoms with Gasteiger partial charge in [0.25, 0.3) is 0 Å². The molecule has 0 aromatic carbocycles. The van der Waals surface area contributed by atoms with E-state index in [0.29, 0.717) is 17.4 Å². The van der Waals surface area contributed by atoms with Crippen molar-refractivity contribution in [3.05, 3.63) is 85.1 Å². The van der Waals surface area contributed by atoms with Crippen molar-refractivity contribution in [2.24, 2.45) is 0 Å². The largest absolute Gasteiger partial charge is 0.472 e. The Labute approximate surface area is 380 Å². The normalized spacial score (nSPS) is 14.2. The molecule has 0 spiro atoms. The van der Waals surface area contributed by atoms with Crippen LogP contribution < -0.4 is 0 Å². The summed E-state index contributed by atoms with van der Waals surface area (Å²) in [6.45, 7) is 4.21. The van der Waals surface area contributed by atoms with E-state index < -0.39 is 32.5 Å². The number of allylic oxidation sites excluding steroid dienone is 14. The van der Waals surface area contributed by atoms with Gasteiger partial charge in [-0.25, -0.2) is 4.57 Å². The lowest BCUT2D eigenvalue weighted by molar-refractivity contribution is -0.870. The van der Waals surface area contributed by atoms with E-state index in [4.69, 9.17) is 18.5 Å². The molecule has 0 bridgehead atoms. The van der Waals surface area contributed by atoms with E-state index in [-0.39, 0.29) is 26.1 Å². The van der Waals surface area contributed by atoms with Gasteiger partial charge in [0.1, 0.15) is 19.8 Å². The second-order valence-electron chi connectivity index (χ2n) is 17.1. The summed E-state index contributed by atoms with van der Waals surface area (Å²) in [4.78, 5) is 35.5. The van der Waals surface area contributed by atoms with Gasteiger partial charge in [-0.15, -0.1) is 0 Å². The summed E-state index contributed by atoms with van der Waals surface area (Å²) < 4.78 is 34.3. The van der Waals surface area contributed by atoms with Gasteiger partial charge in [0.2, 0.25) is 0 Å². The van der Waals surface area contributed by atoms with Crippen LogP contribution in [0.5, 0.6) is 0 Å². The number of nitrogens with zero attached hydrogens (tertiary/aromatic N) is 1. The molecule has 0 aliphatic carbocycles. The Morgan fingerprint density at radius 1 is 0.516 bits per heavy atom. The van der Waals surface area contributed by atoms with Crippen LogP contribution in [0.25, 0.3) is 0 Å². The minimum atomic E-state index is -4.40. The number of quaternary nitrogens is 1. The molecule has 0 aliphatic heterocycles. The molecule has 356 valence electrons. The van der Waals surface area contributed by atoms with Crippen molar-refractivity contribution in [3.8, 4) is 0 Å². The Bertz CT molecular complexity index is 1330. The van der Waals surface area contributed by atoms with Crippen LogP contribution in [0.1, 0.15) is 181 Å². The van der Waals surface area contributed by atoms with E-state index in [9.17, 15) is 19.0 Å². The van der Waals surface area contributed by atoms with Crippen LogP contribution in [-0.4, -0.2) is 74.9 Å². The van der Waals surface area contributed by atoms with Crippen LogP contribution in [0.4, 0.5) is 0 Å². The van der Waals surface area contributed by atoms with Gasteiger partial charge >= 0.3 is 19.8 Å². The van der Waals surface area contributed by atoms with Gasteiger partial charge in [0, 0.05) is 12.8 Å². The molecule has 62 heavy (non-hydrogen) atoms. The van der Waals surface area contributed by atoms with Crippen LogP contribution in [0.3, 0.4) is 0 Å². The topological polar surface area (TPSA) is 108 Å². The van der Waals surface area contributed by atoms with E-state index >= 15 is 0 Å². The summed E-state index contributed by atoms with van der Waals surface area (Å²) in [7, 11) is 1.42. The molecule has 0 saturated heterocycles. The molecule has 0 radical (unpaired) electrons. The lowest BCUT2D eigenvalue weighted by Crippen LogP contribution is -2.37. The number of hydrogen-bond donors (Lipinski definition) is 1. The Hall–Kier alpha value is -2.81. The summed E-state index contributed by atoms with van der Waals surface area (Å²) in [5.41, 5.74) is 0. The summed E-state index contributed by atoms with van der Waals surface area (Å²) in [5.74, 6) is -0.903. The number of phosphoric ester groups is 1. The number of hydrogen-bond acceptors (Lipinski definition) is 7. The number of unbranched alkanes of at least 4 members (excludes halogenated alkanes) is 15. The first kappa shape index (κ1) is 59.2. The van der Waals surface area contributed by atoms with Crippen LogP contribution in [0.15, 0.2) is 85.1 Å². The van der Waals surface area contributed by atoms with Crippen molar-refractivity contribution in [3.63, 3.8) is 0 Å². The lowest BCUT2D eigenvalue weighted by Gasteiger charge is -2.24. The molecular formula is C52H91NO8P+. The number of carbonyl (C=O) groups excluding carboxylic acids is 2. The molecule has 2 atom stereocenters. The van der Waals surface area contributed by atoms with Crippen LogP contribution in [0.2, 0.25) is 0 Å². The summed E-state index contributed by atoms with van der Waals surface area (Å²) in [6, 6.07) is 0. The van der Waals surface area contributed by atoms with Crippen LogP contribution in [0, 0.1) is 0 Å². The summed E-state index contributed by atoms with van der Waals surface area (Å²) >= 11 is 0. The van der Waals surface area contributed by atoms with Crippen LogP contribution >= 0.6 is 7.82 Å². The fraction of sp³-hybridized carbons (Fsp3) is 0.692. The van der Waals surface area contributed by atoms with Gasteiger partial charge in [-0.1, -0.05) is 176 Å². The average molecular weight is 889 g/mol. The molecular weight excluding hydrogens is 798 g/mol. The van der Waals surface area contributed by atoms with E-state index in [1.54, 1.807) is 0 Å². The molecule has 9 nitrogen and oxygen atoms in total. The summed E-state index contributed by atoms with van der Waals surface area (Å²) in [5, 5.41) is 0. The second-order valence-corrected chi connectivity index (χ2v) is 18.6. The van der Waals surface area contributed by atoms with E-state index in [2.05, 4.69) is 86.8 Å². The second kappa shape index (κ2) is 43.4. The zero-order valence-corrected chi connectivity index (χ0v) is 41.0. The van der Waals surface area contributed by atoms with Crippen molar-refractivity contribution >= 4 is 19.8 Å². The van der Waals surface area contributed by atoms with E-state index in [1.165, 1.54) is 89.9 Å². The number of esters is 2. The van der Waals surface area contributed by atoms with Gasteiger partial charge in [-0.3, -0.25) is 18.6 Å².